The molecule has 2 rings (SSSR count). The third kappa shape index (κ3) is 4.74. The van der Waals surface area contributed by atoms with Gasteiger partial charge in [-0.25, -0.2) is 0 Å². The first kappa shape index (κ1) is 14.7. The Morgan fingerprint density at radius 1 is 1.39 bits per heavy atom. The molecule has 18 heavy (non-hydrogen) atoms. The fraction of sp³-hybridized carbons (Fsp3) is 0.917. The predicted molar refractivity (Wildman–Crippen MR) is 78.1 cm³/mol. The fourth-order valence-electron chi connectivity index (χ4n) is 2.22. The molecule has 0 spiro atoms. The van der Waals surface area contributed by atoms with Crippen LogP contribution in [0, 0.1) is 0 Å². The van der Waals surface area contributed by atoms with Crippen LogP contribution in [0.1, 0.15) is 12.8 Å². The summed E-state index contributed by atoms with van der Waals surface area (Å²) in [6, 6.07) is 0.673. The number of hydrogen-bond donors (Lipinski definition) is 1. The van der Waals surface area contributed by atoms with Gasteiger partial charge in [-0.2, -0.15) is 0 Å². The van der Waals surface area contributed by atoms with E-state index in [0.29, 0.717) is 18.4 Å². The minimum atomic E-state index is 0.325. The van der Waals surface area contributed by atoms with Crippen molar-refractivity contribution >= 4 is 29.9 Å². The van der Waals surface area contributed by atoms with Crippen molar-refractivity contribution in [2.45, 2.75) is 24.2 Å². The normalized spacial score (nSPS) is 26.3. The molecule has 2 aliphatic heterocycles. The summed E-state index contributed by atoms with van der Waals surface area (Å²) in [5.74, 6) is 1.62. The second-order valence-corrected chi connectivity index (χ2v) is 9.53. The molecule has 1 amide bonds. The monoisotopic (exact) mass is 337 g/mol. The molecular weight excluding hydrogens is 313 g/mol. The molecule has 0 bridgehead atoms. The fourth-order valence-corrected chi connectivity index (χ4v) is 6.56. The summed E-state index contributed by atoms with van der Waals surface area (Å²) in [6.07, 6.45) is 1.94. The summed E-state index contributed by atoms with van der Waals surface area (Å²) in [7, 11) is 4.22. The van der Waals surface area contributed by atoms with Gasteiger partial charge in [0.05, 0.1) is 0 Å². The number of hydrogen-bond acceptors (Lipinski definition) is 4. The molecular formula is C12H23N3OSSe. The van der Waals surface area contributed by atoms with Gasteiger partial charge in [-0.3, -0.25) is 0 Å². The van der Waals surface area contributed by atoms with Gasteiger partial charge in [0.1, 0.15) is 0 Å². The molecule has 1 unspecified atom stereocenters. The molecule has 2 saturated heterocycles. The molecule has 0 aliphatic carbocycles. The van der Waals surface area contributed by atoms with E-state index in [-0.39, 0.29) is 0 Å². The van der Waals surface area contributed by atoms with Crippen molar-refractivity contribution in [2.75, 3.05) is 45.5 Å². The summed E-state index contributed by atoms with van der Waals surface area (Å²) < 4.78 is 0. The average Bonchev–Trinajstić information content (AvgIpc) is 2.40. The average molecular weight is 336 g/mol. The van der Waals surface area contributed by atoms with Crippen LogP contribution in [0.25, 0.3) is 0 Å². The van der Waals surface area contributed by atoms with Gasteiger partial charge in [0.15, 0.2) is 0 Å². The van der Waals surface area contributed by atoms with Crippen molar-refractivity contribution < 1.29 is 4.79 Å². The Labute approximate surface area is 119 Å². The summed E-state index contributed by atoms with van der Waals surface area (Å²) in [5.41, 5.74) is 0. The summed E-state index contributed by atoms with van der Waals surface area (Å²) in [4.78, 5) is 16.3. The van der Waals surface area contributed by atoms with E-state index in [1.807, 2.05) is 4.90 Å². The van der Waals surface area contributed by atoms with Gasteiger partial charge in [0.25, 0.3) is 0 Å². The van der Waals surface area contributed by atoms with Gasteiger partial charge in [0, 0.05) is 0 Å². The van der Waals surface area contributed by atoms with E-state index in [1.165, 1.54) is 17.5 Å². The van der Waals surface area contributed by atoms with Crippen LogP contribution in [0.15, 0.2) is 0 Å². The maximum atomic E-state index is 12.0. The zero-order valence-corrected chi connectivity index (χ0v) is 13.6. The molecule has 0 aromatic carbocycles. The van der Waals surface area contributed by atoms with Gasteiger partial charge >= 0.3 is 120 Å². The molecule has 1 N–H and O–H groups in total. The zero-order valence-electron chi connectivity index (χ0n) is 11.1. The Morgan fingerprint density at radius 3 is 2.83 bits per heavy atom. The molecule has 0 aromatic rings. The Hall–Kier alpha value is 0.259. The van der Waals surface area contributed by atoms with Crippen LogP contribution in [0.2, 0.25) is 5.32 Å². The molecule has 2 aliphatic rings. The Bertz CT molecular complexity index is 266. The number of nitrogens with one attached hydrogen (secondary N) is 1. The van der Waals surface area contributed by atoms with E-state index in [2.05, 4.69) is 27.4 Å². The first-order valence-electron chi connectivity index (χ1n) is 6.70. The van der Waals surface area contributed by atoms with Crippen LogP contribution in [-0.2, 0) is 4.79 Å². The van der Waals surface area contributed by atoms with Crippen molar-refractivity contribution in [2.24, 2.45) is 0 Å². The molecule has 6 heteroatoms. The molecule has 2 fully saturated rings. The molecule has 0 saturated carbocycles. The van der Waals surface area contributed by atoms with E-state index < -0.39 is 0 Å². The number of piperazine rings is 1. The van der Waals surface area contributed by atoms with Crippen LogP contribution >= 0.6 is 10.2 Å². The maximum absolute atomic E-state index is 12.0. The Kier molecular flexibility index (Phi) is 6.32. The van der Waals surface area contributed by atoms with Gasteiger partial charge in [-0.1, -0.05) is 0 Å². The molecule has 1 atom stereocenters. The zero-order chi connectivity index (χ0) is 12.8. The topological polar surface area (TPSA) is 35.6 Å². The van der Waals surface area contributed by atoms with Crippen LogP contribution < -0.4 is 5.32 Å². The Balaban J connectivity index is 1.59. The molecule has 0 radical (unpaired) electrons. The number of nitrogens with zero attached hydrogens (tertiary/aromatic N) is 2. The third-order valence-electron chi connectivity index (χ3n) is 3.53. The van der Waals surface area contributed by atoms with E-state index >= 15 is 0 Å². The van der Waals surface area contributed by atoms with Gasteiger partial charge < -0.3 is 0 Å². The van der Waals surface area contributed by atoms with Crippen LogP contribution in [0.4, 0.5) is 0 Å². The first-order chi connectivity index (χ1) is 8.75. The van der Waals surface area contributed by atoms with Gasteiger partial charge in [-0.15, -0.1) is 0 Å². The second-order valence-electron chi connectivity index (χ2n) is 4.98. The number of rotatable bonds is 4. The predicted octanol–water partition coefficient (Wildman–Crippen LogP) is 0.283. The number of likely N-dealkylation sites (N-methyl/N-ethyl adjacent to an activating group) is 1. The quantitative estimate of drug-likeness (QED) is 0.749. The molecule has 2 heterocycles. The first-order valence-corrected chi connectivity index (χ1v) is 10.9. The minimum absolute atomic E-state index is 0.325. The molecule has 4 nitrogen and oxygen atoms in total. The third-order valence-corrected chi connectivity index (χ3v) is 8.03. The standard InChI is InChI=1S/C12H23N3OSSe/c1-14-5-7-15(8-6-14)12(16)2-4-13-11-3-9-17-18-10-11/h11,13H,2-10H2,1H3. The number of carbonyl (C=O) groups is 1. The number of amides is 1. The summed E-state index contributed by atoms with van der Waals surface area (Å²) >= 11 is 0.761. The summed E-state index contributed by atoms with van der Waals surface area (Å²) in [6.45, 7) is 4.69. The van der Waals surface area contributed by atoms with Crippen molar-refractivity contribution in [3.05, 3.63) is 0 Å². The van der Waals surface area contributed by atoms with Crippen LogP contribution in [0.5, 0.6) is 0 Å². The van der Waals surface area contributed by atoms with Crippen LogP contribution in [0.3, 0.4) is 0 Å². The van der Waals surface area contributed by atoms with Crippen LogP contribution in [-0.4, -0.2) is 81.1 Å². The van der Waals surface area contributed by atoms with Crippen molar-refractivity contribution in [1.29, 1.82) is 0 Å². The van der Waals surface area contributed by atoms with Crippen molar-refractivity contribution in [3.63, 3.8) is 0 Å². The SMILES string of the molecule is CN1CCN(C(=O)CCNC2CCS[Se]C2)CC1. The molecule has 0 aromatic heterocycles. The summed E-state index contributed by atoms with van der Waals surface area (Å²) in [5, 5.41) is 4.86. The van der Waals surface area contributed by atoms with Crippen molar-refractivity contribution in [3.8, 4) is 0 Å². The Morgan fingerprint density at radius 2 is 2.17 bits per heavy atom. The van der Waals surface area contributed by atoms with Gasteiger partial charge in [0.2, 0.25) is 0 Å². The van der Waals surface area contributed by atoms with Crippen molar-refractivity contribution in [1.82, 2.24) is 15.1 Å². The molecule has 104 valence electrons. The van der Waals surface area contributed by atoms with E-state index in [1.54, 1.807) is 0 Å². The van der Waals surface area contributed by atoms with E-state index in [0.717, 1.165) is 46.6 Å². The number of carbonyl (C=O) groups excluding carboxylic acids is 1. The van der Waals surface area contributed by atoms with Gasteiger partial charge in [-0.05, 0) is 0 Å². The van der Waals surface area contributed by atoms with E-state index in [4.69, 9.17) is 0 Å². The van der Waals surface area contributed by atoms with E-state index in [9.17, 15) is 4.79 Å². The second kappa shape index (κ2) is 7.75.